The van der Waals surface area contributed by atoms with Gasteiger partial charge >= 0.3 is 12.1 Å². The summed E-state index contributed by atoms with van der Waals surface area (Å²) in [4.78, 5) is 15.0. The molecule has 0 aliphatic carbocycles. The van der Waals surface area contributed by atoms with Crippen molar-refractivity contribution in [3.63, 3.8) is 0 Å². The summed E-state index contributed by atoms with van der Waals surface area (Å²) in [6.45, 7) is 8.36. The smallest absolute Gasteiger partial charge is 0.407 e. The minimum absolute atomic E-state index is 0.0578. The number of morpholine rings is 1. The van der Waals surface area contributed by atoms with Crippen molar-refractivity contribution in [1.82, 2.24) is 25.3 Å². The van der Waals surface area contributed by atoms with E-state index in [1.165, 1.54) is 4.90 Å². The summed E-state index contributed by atoms with van der Waals surface area (Å²) in [5, 5.41) is 24.6. The van der Waals surface area contributed by atoms with Crippen LogP contribution in [0.25, 0.3) is 0 Å². The van der Waals surface area contributed by atoms with Gasteiger partial charge in [0.2, 0.25) is 5.89 Å². The summed E-state index contributed by atoms with van der Waals surface area (Å²) in [5.74, 6) is 0.479. The van der Waals surface area contributed by atoms with E-state index in [-0.39, 0.29) is 12.1 Å². The van der Waals surface area contributed by atoms with Crippen molar-refractivity contribution in [2.24, 2.45) is 0 Å². The number of nitrogens with one attached hydrogen (secondary N) is 2. The van der Waals surface area contributed by atoms with Crippen LogP contribution in [-0.4, -0.2) is 76.6 Å². The first kappa shape index (κ1) is 21.8. The van der Waals surface area contributed by atoms with Crippen molar-refractivity contribution in [2.75, 3.05) is 44.7 Å². The second-order valence-electron chi connectivity index (χ2n) is 7.95. The molecule has 11 heteroatoms. The molecule has 4 rings (SSSR count). The highest BCUT2D eigenvalue weighted by Gasteiger charge is 2.27. The standard InChI is InChI=1S/C20H27ClN6O4/c1-12-9-26(4-5-27(12)20(28)29)10-14-7-15(21)8-16(13(14)2)23-19-25-24-18(31-19)17-11-30-6-3-22-17/h7-8,12,17,22H,3-6,9-11H2,1-2H3,(H,23,25)(H,28,29)/t12-,17?/m0/s1. The number of anilines is 2. The van der Waals surface area contributed by atoms with Crippen LogP contribution in [-0.2, 0) is 11.3 Å². The summed E-state index contributed by atoms with van der Waals surface area (Å²) in [6.07, 6.45) is -0.869. The van der Waals surface area contributed by atoms with Crippen molar-refractivity contribution >= 4 is 29.4 Å². The average Bonchev–Trinajstić information content (AvgIpc) is 3.20. The first-order valence-electron chi connectivity index (χ1n) is 10.3. The molecule has 2 aliphatic rings. The number of carbonyl (C=O) groups is 1. The first-order valence-corrected chi connectivity index (χ1v) is 10.7. The number of hydrogen-bond donors (Lipinski definition) is 3. The zero-order chi connectivity index (χ0) is 22.0. The van der Waals surface area contributed by atoms with Crippen molar-refractivity contribution in [2.45, 2.75) is 32.5 Å². The lowest BCUT2D eigenvalue weighted by Crippen LogP contribution is -2.53. The van der Waals surface area contributed by atoms with E-state index < -0.39 is 6.09 Å². The van der Waals surface area contributed by atoms with E-state index >= 15 is 0 Å². The van der Waals surface area contributed by atoms with E-state index in [9.17, 15) is 9.90 Å². The molecule has 2 aromatic rings. The second-order valence-corrected chi connectivity index (χ2v) is 8.39. The van der Waals surface area contributed by atoms with Crippen molar-refractivity contribution in [3.05, 3.63) is 34.2 Å². The molecule has 31 heavy (non-hydrogen) atoms. The van der Waals surface area contributed by atoms with E-state index in [1.54, 1.807) is 0 Å². The van der Waals surface area contributed by atoms with E-state index in [2.05, 4.69) is 25.7 Å². The number of amides is 1. The van der Waals surface area contributed by atoms with E-state index in [0.717, 1.165) is 23.4 Å². The molecule has 0 radical (unpaired) electrons. The predicted octanol–water partition coefficient (Wildman–Crippen LogP) is 2.62. The summed E-state index contributed by atoms with van der Waals surface area (Å²) < 4.78 is 11.2. The van der Waals surface area contributed by atoms with Gasteiger partial charge in [-0.2, -0.15) is 0 Å². The molecule has 1 unspecified atom stereocenters. The van der Waals surface area contributed by atoms with Crippen LogP contribution in [0.15, 0.2) is 16.5 Å². The van der Waals surface area contributed by atoms with Crippen LogP contribution in [0, 0.1) is 6.92 Å². The van der Waals surface area contributed by atoms with E-state index in [4.69, 9.17) is 20.8 Å². The Balaban J connectivity index is 1.45. The van der Waals surface area contributed by atoms with Gasteiger partial charge in [0.25, 0.3) is 0 Å². The normalized spacial score (nSPS) is 22.5. The third-order valence-electron chi connectivity index (χ3n) is 5.73. The Labute approximate surface area is 185 Å². The molecule has 0 spiro atoms. The fourth-order valence-corrected chi connectivity index (χ4v) is 4.24. The molecule has 3 heterocycles. The topological polar surface area (TPSA) is 116 Å². The monoisotopic (exact) mass is 450 g/mol. The van der Waals surface area contributed by atoms with E-state index in [0.29, 0.717) is 56.3 Å². The highest BCUT2D eigenvalue weighted by molar-refractivity contribution is 6.31. The number of nitrogens with zero attached hydrogens (tertiary/aromatic N) is 4. The summed E-state index contributed by atoms with van der Waals surface area (Å²) >= 11 is 6.39. The molecule has 1 aromatic heterocycles. The van der Waals surface area contributed by atoms with Gasteiger partial charge in [-0.3, -0.25) is 4.90 Å². The average molecular weight is 451 g/mol. The van der Waals surface area contributed by atoms with Crippen LogP contribution < -0.4 is 10.6 Å². The molecule has 0 saturated carbocycles. The third kappa shape index (κ3) is 5.09. The minimum atomic E-state index is -0.869. The number of carboxylic acid groups (broad SMARTS) is 1. The van der Waals surface area contributed by atoms with Crippen LogP contribution in [0.1, 0.15) is 30.0 Å². The molecule has 0 bridgehead atoms. The number of halogens is 1. The van der Waals surface area contributed by atoms with Crippen molar-refractivity contribution in [1.29, 1.82) is 0 Å². The fourth-order valence-electron chi connectivity index (χ4n) is 4.00. The second kappa shape index (κ2) is 9.39. The minimum Gasteiger partial charge on any atom is -0.465 e. The molecule has 2 fully saturated rings. The zero-order valence-electron chi connectivity index (χ0n) is 17.6. The van der Waals surface area contributed by atoms with Gasteiger partial charge in [0.15, 0.2) is 0 Å². The van der Waals surface area contributed by atoms with Gasteiger partial charge in [0.1, 0.15) is 6.04 Å². The molecule has 10 nitrogen and oxygen atoms in total. The highest BCUT2D eigenvalue weighted by atomic mass is 35.5. The van der Waals surface area contributed by atoms with Gasteiger partial charge < -0.3 is 29.8 Å². The summed E-state index contributed by atoms with van der Waals surface area (Å²) in [5.41, 5.74) is 2.88. The predicted molar refractivity (Wildman–Crippen MR) is 115 cm³/mol. The van der Waals surface area contributed by atoms with Crippen LogP contribution in [0.3, 0.4) is 0 Å². The number of aromatic nitrogens is 2. The van der Waals surface area contributed by atoms with Gasteiger partial charge in [0, 0.05) is 49.5 Å². The van der Waals surface area contributed by atoms with Crippen molar-refractivity contribution < 1.29 is 19.1 Å². The molecule has 168 valence electrons. The van der Waals surface area contributed by atoms with Gasteiger partial charge in [-0.25, -0.2) is 4.79 Å². The lowest BCUT2D eigenvalue weighted by Gasteiger charge is -2.38. The Hall–Kier alpha value is -2.40. The van der Waals surface area contributed by atoms with Crippen LogP contribution in [0.4, 0.5) is 16.5 Å². The number of benzene rings is 1. The maximum atomic E-state index is 11.3. The van der Waals surface area contributed by atoms with Crippen LogP contribution in [0.2, 0.25) is 5.02 Å². The van der Waals surface area contributed by atoms with Crippen LogP contribution in [0.5, 0.6) is 0 Å². The van der Waals surface area contributed by atoms with Crippen molar-refractivity contribution in [3.8, 4) is 0 Å². The third-order valence-corrected chi connectivity index (χ3v) is 5.95. The lowest BCUT2D eigenvalue weighted by atomic mass is 10.0. The Kier molecular flexibility index (Phi) is 6.61. The number of piperazine rings is 1. The van der Waals surface area contributed by atoms with Gasteiger partial charge in [-0.1, -0.05) is 16.7 Å². The number of ether oxygens (including phenoxy) is 1. The fraction of sp³-hybridized carbons (Fsp3) is 0.550. The molecule has 2 aliphatic heterocycles. The SMILES string of the molecule is Cc1c(CN2CCN(C(=O)O)[C@@H](C)C2)cc(Cl)cc1Nc1nnc(C2COCCN2)o1. The molecular weight excluding hydrogens is 424 g/mol. The molecular formula is C20H27ClN6O4. The Morgan fingerprint density at radius 2 is 2.23 bits per heavy atom. The number of hydrogen-bond acceptors (Lipinski definition) is 8. The molecule has 3 N–H and O–H groups in total. The zero-order valence-corrected chi connectivity index (χ0v) is 18.4. The summed E-state index contributed by atoms with van der Waals surface area (Å²) in [7, 11) is 0. The van der Waals surface area contributed by atoms with Gasteiger partial charge in [0.05, 0.1) is 13.2 Å². The lowest BCUT2D eigenvalue weighted by molar-refractivity contribution is 0.0683. The van der Waals surface area contributed by atoms with E-state index in [1.807, 2.05) is 26.0 Å². The molecule has 1 amide bonds. The largest absolute Gasteiger partial charge is 0.465 e. The van der Waals surface area contributed by atoms with Gasteiger partial charge in [-0.05, 0) is 37.1 Å². The highest BCUT2D eigenvalue weighted by Crippen LogP contribution is 2.29. The first-order chi connectivity index (χ1) is 14.9. The maximum absolute atomic E-state index is 11.3. The van der Waals surface area contributed by atoms with Gasteiger partial charge in [-0.15, -0.1) is 5.10 Å². The summed E-state index contributed by atoms with van der Waals surface area (Å²) in [6, 6.07) is 3.90. The maximum Gasteiger partial charge on any atom is 0.407 e. The molecule has 1 aromatic carbocycles. The molecule has 2 saturated heterocycles. The Morgan fingerprint density at radius 1 is 1.39 bits per heavy atom. The Bertz CT molecular complexity index is 932. The Morgan fingerprint density at radius 3 is 2.94 bits per heavy atom. The van der Waals surface area contributed by atoms with Crippen LogP contribution >= 0.6 is 11.6 Å². The molecule has 2 atom stereocenters. The quantitative estimate of drug-likeness (QED) is 0.631. The number of rotatable bonds is 5.